The fourth-order valence-electron chi connectivity index (χ4n) is 2.04. The SMILES string of the molecule is Cc1cccc2cccc(C(C)C)c12. The first-order chi connectivity index (χ1) is 6.70. The van der Waals surface area contributed by atoms with Crippen LogP contribution in [0.25, 0.3) is 10.8 Å². The molecule has 0 aromatic heterocycles. The van der Waals surface area contributed by atoms with Gasteiger partial charge in [-0.05, 0) is 34.7 Å². The van der Waals surface area contributed by atoms with E-state index in [1.807, 2.05) is 0 Å². The van der Waals surface area contributed by atoms with E-state index in [1.165, 1.54) is 21.9 Å². The molecule has 0 saturated carbocycles. The van der Waals surface area contributed by atoms with Gasteiger partial charge in [0, 0.05) is 0 Å². The summed E-state index contributed by atoms with van der Waals surface area (Å²) < 4.78 is 0. The Bertz CT molecular complexity index is 447. The highest BCUT2D eigenvalue weighted by molar-refractivity contribution is 5.89. The second kappa shape index (κ2) is 3.45. The molecule has 2 rings (SSSR count). The molecule has 2 aromatic rings. The Morgan fingerprint density at radius 3 is 2.21 bits per heavy atom. The summed E-state index contributed by atoms with van der Waals surface area (Å²) in [7, 11) is 0. The van der Waals surface area contributed by atoms with E-state index in [4.69, 9.17) is 0 Å². The summed E-state index contributed by atoms with van der Waals surface area (Å²) in [5.74, 6) is 0.597. The van der Waals surface area contributed by atoms with E-state index in [9.17, 15) is 0 Å². The minimum Gasteiger partial charge on any atom is -0.0614 e. The Morgan fingerprint density at radius 2 is 1.57 bits per heavy atom. The molecule has 0 aliphatic carbocycles. The van der Waals surface area contributed by atoms with Crippen LogP contribution in [0.1, 0.15) is 30.9 Å². The predicted molar refractivity (Wildman–Crippen MR) is 62.8 cm³/mol. The first kappa shape index (κ1) is 9.26. The molecule has 0 heterocycles. The standard InChI is InChI=1S/C14H16/c1-10(2)13-9-5-8-12-7-4-6-11(3)14(12)13/h4-10H,1-3H3. The normalized spacial score (nSPS) is 11.1. The van der Waals surface area contributed by atoms with Crippen molar-refractivity contribution in [3.8, 4) is 0 Å². The fourth-order valence-corrected chi connectivity index (χ4v) is 2.04. The smallest absolute Gasteiger partial charge is 0.0120 e. The molecule has 0 unspecified atom stereocenters. The molecule has 2 aromatic carbocycles. The van der Waals surface area contributed by atoms with Gasteiger partial charge in [-0.15, -0.1) is 0 Å². The van der Waals surface area contributed by atoms with Gasteiger partial charge in [-0.2, -0.15) is 0 Å². The van der Waals surface area contributed by atoms with Gasteiger partial charge in [0.1, 0.15) is 0 Å². The van der Waals surface area contributed by atoms with Gasteiger partial charge in [-0.1, -0.05) is 50.2 Å². The molecule has 0 radical (unpaired) electrons. The summed E-state index contributed by atoms with van der Waals surface area (Å²) >= 11 is 0. The van der Waals surface area contributed by atoms with E-state index in [0.29, 0.717) is 5.92 Å². The zero-order valence-electron chi connectivity index (χ0n) is 9.04. The lowest BCUT2D eigenvalue weighted by Crippen LogP contribution is -1.90. The molecule has 0 heteroatoms. The van der Waals surface area contributed by atoms with Crippen LogP contribution in [0.4, 0.5) is 0 Å². The Balaban J connectivity index is 2.84. The highest BCUT2D eigenvalue weighted by atomic mass is 14.1. The zero-order chi connectivity index (χ0) is 10.1. The van der Waals surface area contributed by atoms with Crippen molar-refractivity contribution >= 4 is 10.8 Å². The molecule has 0 atom stereocenters. The Hall–Kier alpha value is -1.30. The first-order valence-electron chi connectivity index (χ1n) is 5.18. The van der Waals surface area contributed by atoms with Crippen molar-refractivity contribution in [3.63, 3.8) is 0 Å². The lowest BCUT2D eigenvalue weighted by atomic mass is 9.93. The van der Waals surface area contributed by atoms with E-state index in [2.05, 4.69) is 57.2 Å². The van der Waals surface area contributed by atoms with Crippen LogP contribution in [0, 0.1) is 6.92 Å². The minimum atomic E-state index is 0.597. The van der Waals surface area contributed by atoms with Crippen molar-refractivity contribution in [1.29, 1.82) is 0 Å². The molecule has 14 heavy (non-hydrogen) atoms. The van der Waals surface area contributed by atoms with Gasteiger partial charge in [-0.25, -0.2) is 0 Å². The molecule has 0 amide bonds. The number of fused-ring (bicyclic) bond motifs is 1. The molecule has 72 valence electrons. The van der Waals surface area contributed by atoms with Gasteiger partial charge in [0.05, 0.1) is 0 Å². The van der Waals surface area contributed by atoms with E-state index < -0.39 is 0 Å². The molecule has 0 spiro atoms. The lowest BCUT2D eigenvalue weighted by Gasteiger charge is -2.11. The van der Waals surface area contributed by atoms with Gasteiger partial charge in [-0.3, -0.25) is 0 Å². The highest BCUT2D eigenvalue weighted by Gasteiger charge is 2.05. The van der Waals surface area contributed by atoms with Crippen LogP contribution in [-0.4, -0.2) is 0 Å². The predicted octanol–water partition coefficient (Wildman–Crippen LogP) is 4.27. The number of rotatable bonds is 1. The topological polar surface area (TPSA) is 0 Å². The van der Waals surface area contributed by atoms with Gasteiger partial charge in [0.25, 0.3) is 0 Å². The summed E-state index contributed by atoms with van der Waals surface area (Å²) in [5, 5.41) is 2.79. The van der Waals surface area contributed by atoms with Crippen LogP contribution >= 0.6 is 0 Å². The van der Waals surface area contributed by atoms with Crippen molar-refractivity contribution in [2.45, 2.75) is 26.7 Å². The number of benzene rings is 2. The van der Waals surface area contributed by atoms with Crippen LogP contribution in [0.5, 0.6) is 0 Å². The average molecular weight is 184 g/mol. The maximum absolute atomic E-state index is 2.25. The third kappa shape index (κ3) is 1.41. The van der Waals surface area contributed by atoms with E-state index in [-0.39, 0.29) is 0 Å². The van der Waals surface area contributed by atoms with Gasteiger partial charge in [0.2, 0.25) is 0 Å². The average Bonchev–Trinajstić information content (AvgIpc) is 2.17. The van der Waals surface area contributed by atoms with E-state index >= 15 is 0 Å². The molecule has 0 bridgehead atoms. The lowest BCUT2D eigenvalue weighted by molar-refractivity contribution is 0.875. The molecule has 0 fully saturated rings. The zero-order valence-corrected chi connectivity index (χ0v) is 9.04. The Morgan fingerprint density at radius 1 is 0.929 bits per heavy atom. The molecule has 0 N–H and O–H groups in total. The van der Waals surface area contributed by atoms with Crippen molar-refractivity contribution in [2.75, 3.05) is 0 Å². The van der Waals surface area contributed by atoms with Crippen LogP contribution in [0.15, 0.2) is 36.4 Å². The van der Waals surface area contributed by atoms with Crippen molar-refractivity contribution in [1.82, 2.24) is 0 Å². The molecular weight excluding hydrogens is 168 g/mol. The Labute approximate surface area is 85.6 Å². The maximum Gasteiger partial charge on any atom is -0.0120 e. The van der Waals surface area contributed by atoms with Crippen LogP contribution in [0.3, 0.4) is 0 Å². The quantitative estimate of drug-likeness (QED) is 0.620. The summed E-state index contributed by atoms with van der Waals surface area (Å²) in [6, 6.07) is 13.1. The second-order valence-corrected chi connectivity index (χ2v) is 4.17. The third-order valence-corrected chi connectivity index (χ3v) is 2.77. The monoisotopic (exact) mass is 184 g/mol. The summed E-state index contributed by atoms with van der Waals surface area (Å²) in [6.45, 7) is 6.69. The fraction of sp³-hybridized carbons (Fsp3) is 0.286. The van der Waals surface area contributed by atoms with Crippen molar-refractivity contribution in [3.05, 3.63) is 47.5 Å². The van der Waals surface area contributed by atoms with Gasteiger partial charge >= 0.3 is 0 Å². The minimum absolute atomic E-state index is 0.597. The molecular formula is C14H16. The summed E-state index contributed by atoms with van der Waals surface area (Å²) in [5.41, 5.74) is 2.84. The largest absolute Gasteiger partial charge is 0.0614 e. The van der Waals surface area contributed by atoms with E-state index in [1.54, 1.807) is 0 Å². The van der Waals surface area contributed by atoms with Crippen LogP contribution in [-0.2, 0) is 0 Å². The van der Waals surface area contributed by atoms with Gasteiger partial charge < -0.3 is 0 Å². The summed E-state index contributed by atoms with van der Waals surface area (Å²) in [6.07, 6.45) is 0. The number of hydrogen-bond acceptors (Lipinski definition) is 0. The highest BCUT2D eigenvalue weighted by Crippen LogP contribution is 2.27. The second-order valence-electron chi connectivity index (χ2n) is 4.17. The summed E-state index contributed by atoms with van der Waals surface area (Å²) in [4.78, 5) is 0. The van der Waals surface area contributed by atoms with Crippen molar-refractivity contribution in [2.24, 2.45) is 0 Å². The molecule has 0 saturated heterocycles. The van der Waals surface area contributed by atoms with Gasteiger partial charge in [0.15, 0.2) is 0 Å². The molecule has 0 aliphatic rings. The van der Waals surface area contributed by atoms with Crippen LogP contribution in [0.2, 0.25) is 0 Å². The number of hydrogen-bond donors (Lipinski definition) is 0. The first-order valence-corrected chi connectivity index (χ1v) is 5.18. The van der Waals surface area contributed by atoms with Crippen molar-refractivity contribution < 1.29 is 0 Å². The maximum atomic E-state index is 2.25. The third-order valence-electron chi connectivity index (χ3n) is 2.77. The van der Waals surface area contributed by atoms with Crippen LogP contribution < -0.4 is 0 Å². The molecule has 0 nitrogen and oxygen atoms in total. The Kier molecular flexibility index (Phi) is 2.28. The molecule has 0 aliphatic heterocycles. The number of aryl methyl sites for hydroxylation is 1. The van der Waals surface area contributed by atoms with E-state index in [0.717, 1.165) is 0 Å².